The van der Waals surface area contributed by atoms with Crippen LogP contribution >= 0.6 is 15.9 Å². The van der Waals surface area contributed by atoms with E-state index in [4.69, 9.17) is 0 Å². The second-order valence-electron chi connectivity index (χ2n) is 4.76. The van der Waals surface area contributed by atoms with E-state index < -0.39 is 11.1 Å². The highest BCUT2D eigenvalue weighted by molar-refractivity contribution is 9.10. The van der Waals surface area contributed by atoms with E-state index in [1.54, 1.807) is 13.0 Å². The fourth-order valence-electron chi connectivity index (χ4n) is 2.31. The van der Waals surface area contributed by atoms with E-state index in [0.29, 0.717) is 27.9 Å². The zero-order valence-corrected chi connectivity index (χ0v) is 12.8. The highest BCUT2D eigenvalue weighted by atomic mass is 79.9. The zero-order chi connectivity index (χ0) is 15.0. The number of aromatic nitrogens is 3. The predicted molar refractivity (Wildman–Crippen MR) is 84.6 cm³/mol. The predicted octanol–water partition coefficient (Wildman–Crippen LogP) is 2.20. The summed E-state index contributed by atoms with van der Waals surface area (Å²) >= 11 is 3.33. The molecule has 0 atom stereocenters. The van der Waals surface area contributed by atoms with Gasteiger partial charge in [-0.05, 0) is 34.5 Å². The Hall–Kier alpha value is -2.21. The molecular formula is C15H12BrN3O2. The topological polar surface area (TPSA) is 67.8 Å². The number of hydrogen-bond acceptors (Lipinski definition) is 3. The summed E-state index contributed by atoms with van der Waals surface area (Å²) in [6.07, 6.45) is 0. The van der Waals surface area contributed by atoms with Crippen molar-refractivity contribution in [1.82, 2.24) is 14.5 Å². The fraction of sp³-hybridized carbons (Fsp3) is 0.133. The molecule has 0 radical (unpaired) electrons. The van der Waals surface area contributed by atoms with Crippen LogP contribution < -0.4 is 11.1 Å². The molecule has 0 aliphatic carbocycles. The first-order valence-electron chi connectivity index (χ1n) is 6.40. The molecule has 0 bridgehead atoms. The first-order valence-corrected chi connectivity index (χ1v) is 7.19. The third-order valence-electron chi connectivity index (χ3n) is 3.30. The minimum Gasteiger partial charge on any atom is -0.314 e. The highest BCUT2D eigenvalue weighted by Gasteiger charge is 2.11. The van der Waals surface area contributed by atoms with Crippen molar-refractivity contribution in [2.45, 2.75) is 13.5 Å². The van der Waals surface area contributed by atoms with Crippen molar-refractivity contribution < 1.29 is 0 Å². The standard InChI is InChI=1S/C15H12BrN3O2/c1-9-13-11(7-12(16)17-9)19(15(21)14(20)18-13)8-10-5-3-2-4-6-10/h2-7H,8H2,1H3,(H,18,20). The minimum absolute atomic E-state index is 0.343. The lowest BCUT2D eigenvalue weighted by Crippen LogP contribution is -2.36. The van der Waals surface area contributed by atoms with Crippen LogP contribution in [0.3, 0.4) is 0 Å². The maximum absolute atomic E-state index is 12.2. The molecule has 0 saturated heterocycles. The Balaban J connectivity index is 2.32. The molecule has 0 spiro atoms. The normalized spacial score (nSPS) is 11.0. The van der Waals surface area contributed by atoms with Gasteiger partial charge in [0.05, 0.1) is 23.3 Å². The number of H-pyrrole nitrogens is 1. The maximum Gasteiger partial charge on any atom is 0.317 e. The summed E-state index contributed by atoms with van der Waals surface area (Å²) in [6, 6.07) is 11.3. The van der Waals surface area contributed by atoms with E-state index in [-0.39, 0.29) is 0 Å². The Morgan fingerprint density at radius 3 is 2.67 bits per heavy atom. The molecule has 1 N–H and O–H groups in total. The van der Waals surface area contributed by atoms with Crippen molar-refractivity contribution in [3.05, 3.63) is 73.0 Å². The lowest BCUT2D eigenvalue weighted by Gasteiger charge is -2.11. The van der Waals surface area contributed by atoms with Gasteiger partial charge < -0.3 is 4.98 Å². The smallest absolute Gasteiger partial charge is 0.314 e. The van der Waals surface area contributed by atoms with Crippen LogP contribution in [0.2, 0.25) is 0 Å². The molecule has 0 aliphatic rings. The van der Waals surface area contributed by atoms with Crippen molar-refractivity contribution >= 4 is 27.0 Å². The number of hydrogen-bond donors (Lipinski definition) is 1. The molecule has 0 fully saturated rings. The SMILES string of the molecule is Cc1nc(Br)cc2c1[nH]c(=O)c(=O)n2Cc1ccccc1. The first kappa shape index (κ1) is 13.8. The summed E-state index contributed by atoms with van der Waals surface area (Å²) < 4.78 is 2.10. The van der Waals surface area contributed by atoms with Crippen molar-refractivity contribution in [3.63, 3.8) is 0 Å². The van der Waals surface area contributed by atoms with Crippen LogP contribution in [0, 0.1) is 6.92 Å². The molecule has 0 amide bonds. The fourth-order valence-corrected chi connectivity index (χ4v) is 2.79. The second-order valence-corrected chi connectivity index (χ2v) is 5.57. The third-order valence-corrected chi connectivity index (χ3v) is 3.71. The second kappa shape index (κ2) is 5.29. The summed E-state index contributed by atoms with van der Waals surface area (Å²) in [5, 5.41) is 0. The van der Waals surface area contributed by atoms with E-state index >= 15 is 0 Å². The quantitative estimate of drug-likeness (QED) is 0.571. The van der Waals surface area contributed by atoms with E-state index in [1.165, 1.54) is 4.57 Å². The van der Waals surface area contributed by atoms with Crippen molar-refractivity contribution in [2.24, 2.45) is 0 Å². The molecule has 0 unspecified atom stereocenters. The summed E-state index contributed by atoms with van der Waals surface area (Å²) in [5.41, 5.74) is 1.66. The highest BCUT2D eigenvalue weighted by Crippen LogP contribution is 2.17. The lowest BCUT2D eigenvalue weighted by molar-refractivity contribution is 0.774. The molecule has 6 heteroatoms. The molecule has 2 heterocycles. The van der Waals surface area contributed by atoms with Crippen molar-refractivity contribution in [1.29, 1.82) is 0 Å². The molecule has 5 nitrogen and oxygen atoms in total. The van der Waals surface area contributed by atoms with Gasteiger partial charge in [0.25, 0.3) is 0 Å². The maximum atomic E-state index is 12.2. The van der Waals surface area contributed by atoms with Crippen LogP contribution in [0.25, 0.3) is 11.0 Å². The molecular weight excluding hydrogens is 334 g/mol. The molecule has 0 saturated carbocycles. The van der Waals surface area contributed by atoms with E-state index in [2.05, 4.69) is 25.9 Å². The van der Waals surface area contributed by atoms with Gasteiger partial charge >= 0.3 is 11.1 Å². The third kappa shape index (κ3) is 2.54. The number of aromatic amines is 1. The monoisotopic (exact) mass is 345 g/mol. The Kier molecular flexibility index (Phi) is 3.47. The van der Waals surface area contributed by atoms with Gasteiger partial charge in [-0.2, -0.15) is 0 Å². The average Bonchev–Trinajstić information content (AvgIpc) is 2.46. The number of nitrogens with zero attached hydrogens (tertiary/aromatic N) is 2. The van der Waals surface area contributed by atoms with Crippen LogP contribution in [0.15, 0.2) is 50.6 Å². The number of pyridine rings is 1. The first-order chi connectivity index (χ1) is 10.1. The summed E-state index contributed by atoms with van der Waals surface area (Å²) in [5.74, 6) is 0. The van der Waals surface area contributed by atoms with Gasteiger partial charge in [0.15, 0.2) is 0 Å². The zero-order valence-electron chi connectivity index (χ0n) is 11.3. The Morgan fingerprint density at radius 2 is 1.95 bits per heavy atom. The minimum atomic E-state index is -0.634. The van der Waals surface area contributed by atoms with Crippen LogP contribution in [0.4, 0.5) is 0 Å². The number of halogens is 1. The number of rotatable bonds is 2. The largest absolute Gasteiger partial charge is 0.317 e. The molecule has 106 valence electrons. The summed E-state index contributed by atoms with van der Waals surface area (Å²) in [4.78, 5) is 30.9. The molecule has 3 rings (SSSR count). The van der Waals surface area contributed by atoms with Gasteiger partial charge in [-0.25, -0.2) is 4.98 Å². The van der Waals surface area contributed by atoms with Crippen molar-refractivity contribution in [3.8, 4) is 0 Å². The van der Waals surface area contributed by atoms with Crippen LogP contribution in [-0.2, 0) is 6.54 Å². The molecule has 21 heavy (non-hydrogen) atoms. The molecule has 0 aliphatic heterocycles. The van der Waals surface area contributed by atoms with E-state index in [9.17, 15) is 9.59 Å². The number of nitrogens with one attached hydrogen (secondary N) is 1. The van der Waals surface area contributed by atoms with E-state index in [0.717, 1.165) is 5.56 Å². The number of aryl methyl sites for hydroxylation is 1. The van der Waals surface area contributed by atoms with Gasteiger partial charge in [0, 0.05) is 0 Å². The number of benzene rings is 1. The summed E-state index contributed by atoms with van der Waals surface area (Å²) in [6.45, 7) is 2.14. The Bertz CT molecular complexity index is 929. The van der Waals surface area contributed by atoms with Gasteiger partial charge in [-0.1, -0.05) is 30.3 Å². The molecule has 1 aromatic carbocycles. The van der Waals surface area contributed by atoms with Crippen LogP contribution in [0.5, 0.6) is 0 Å². The van der Waals surface area contributed by atoms with Gasteiger partial charge in [-0.3, -0.25) is 14.2 Å². The van der Waals surface area contributed by atoms with Crippen LogP contribution in [-0.4, -0.2) is 14.5 Å². The van der Waals surface area contributed by atoms with Crippen molar-refractivity contribution in [2.75, 3.05) is 0 Å². The molecule has 3 aromatic rings. The van der Waals surface area contributed by atoms with Gasteiger partial charge in [0.1, 0.15) is 4.60 Å². The van der Waals surface area contributed by atoms with Gasteiger partial charge in [0.2, 0.25) is 0 Å². The van der Waals surface area contributed by atoms with E-state index in [1.807, 2.05) is 30.3 Å². The van der Waals surface area contributed by atoms with Gasteiger partial charge in [-0.15, -0.1) is 0 Å². The Morgan fingerprint density at radius 1 is 1.24 bits per heavy atom. The lowest BCUT2D eigenvalue weighted by atomic mass is 10.2. The molecule has 2 aromatic heterocycles. The number of fused-ring (bicyclic) bond motifs is 1. The summed E-state index contributed by atoms with van der Waals surface area (Å²) in [7, 11) is 0. The average molecular weight is 346 g/mol. The van der Waals surface area contributed by atoms with Crippen LogP contribution in [0.1, 0.15) is 11.3 Å². The Labute approximate surface area is 128 Å².